The first-order chi connectivity index (χ1) is 5.67. The van der Waals surface area contributed by atoms with Gasteiger partial charge in [-0.1, -0.05) is 11.6 Å². The summed E-state index contributed by atoms with van der Waals surface area (Å²) in [6.07, 6.45) is 3.92. The van der Waals surface area contributed by atoms with Crippen molar-refractivity contribution in [2.75, 3.05) is 6.61 Å². The van der Waals surface area contributed by atoms with Gasteiger partial charge in [0, 0.05) is 0 Å². The SMILES string of the molecule is CC=C(C)C1(C(=O)OCC)CC1. The van der Waals surface area contributed by atoms with Gasteiger partial charge in [0.1, 0.15) is 0 Å². The monoisotopic (exact) mass is 168 g/mol. The normalized spacial score (nSPS) is 20.4. The number of carbonyl (C=O) groups is 1. The minimum absolute atomic E-state index is 0.0411. The van der Waals surface area contributed by atoms with Gasteiger partial charge in [0.25, 0.3) is 0 Å². The number of ether oxygens (including phenoxy) is 1. The summed E-state index contributed by atoms with van der Waals surface area (Å²) in [5, 5.41) is 0. The molecule has 0 heterocycles. The molecular weight excluding hydrogens is 152 g/mol. The summed E-state index contributed by atoms with van der Waals surface area (Å²) in [6.45, 7) is 6.30. The van der Waals surface area contributed by atoms with E-state index >= 15 is 0 Å². The van der Waals surface area contributed by atoms with Crippen LogP contribution in [0, 0.1) is 5.41 Å². The van der Waals surface area contributed by atoms with Crippen molar-refractivity contribution < 1.29 is 9.53 Å². The minimum atomic E-state index is -0.231. The first-order valence-corrected chi connectivity index (χ1v) is 4.48. The van der Waals surface area contributed by atoms with Crippen LogP contribution in [0.5, 0.6) is 0 Å². The van der Waals surface area contributed by atoms with Crippen LogP contribution in [0.4, 0.5) is 0 Å². The molecule has 0 bridgehead atoms. The lowest BCUT2D eigenvalue weighted by atomic mass is 9.97. The van der Waals surface area contributed by atoms with Gasteiger partial charge in [-0.3, -0.25) is 4.79 Å². The molecule has 12 heavy (non-hydrogen) atoms. The van der Waals surface area contributed by atoms with Crippen molar-refractivity contribution in [2.45, 2.75) is 33.6 Å². The lowest BCUT2D eigenvalue weighted by molar-refractivity contribution is -0.148. The van der Waals surface area contributed by atoms with Crippen LogP contribution >= 0.6 is 0 Å². The largest absolute Gasteiger partial charge is 0.465 e. The number of allylic oxidation sites excluding steroid dienone is 1. The summed E-state index contributed by atoms with van der Waals surface area (Å²) >= 11 is 0. The van der Waals surface area contributed by atoms with Crippen LogP contribution in [0.15, 0.2) is 11.6 Å². The van der Waals surface area contributed by atoms with E-state index in [1.165, 1.54) is 0 Å². The fourth-order valence-corrected chi connectivity index (χ4v) is 1.43. The Hall–Kier alpha value is -0.790. The number of rotatable bonds is 3. The van der Waals surface area contributed by atoms with Crippen molar-refractivity contribution in [1.29, 1.82) is 0 Å². The molecule has 0 unspecified atom stereocenters. The molecule has 1 aliphatic carbocycles. The molecule has 68 valence electrons. The van der Waals surface area contributed by atoms with E-state index < -0.39 is 0 Å². The summed E-state index contributed by atoms with van der Waals surface area (Å²) in [6, 6.07) is 0. The number of hydrogen-bond acceptors (Lipinski definition) is 2. The fourth-order valence-electron chi connectivity index (χ4n) is 1.43. The lowest BCUT2D eigenvalue weighted by Crippen LogP contribution is -2.20. The van der Waals surface area contributed by atoms with Crippen LogP contribution in [0.3, 0.4) is 0 Å². The quantitative estimate of drug-likeness (QED) is 0.477. The molecule has 0 aliphatic heterocycles. The van der Waals surface area contributed by atoms with Gasteiger partial charge in [-0.15, -0.1) is 0 Å². The summed E-state index contributed by atoms with van der Waals surface area (Å²) < 4.78 is 5.01. The molecule has 0 saturated heterocycles. The van der Waals surface area contributed by atoms with Crippen molar-refractivity contribution in [3.63, 3.8) is 0 Å². The van der Waals surface area contributed by atoms with E-state index in [9.17, 15) is 4.79 Å². The Morgan fingerprint density at radius 1 is 1.58 bits per heavy atom. The molecular formula is C10H16O2. The van der Waals surface area contributed by atoms with Crippen molar-refractivity contribution in [1.82, 2.24) is 0 Å². The Balaban J connectivity index is 2.66. The molecule has 0 aromatic carbocycles. The van der Waals surface area contributed by atoms with Gasteiger partial charge in [0.05, 0.1) is 12.0 Å². The molecule has 1 aliphatic rings. The first-order valence-electron chi connectivity index (χ1n) is 4.48. The van der Waals surface area contributed by atoms with E-state index in [-0.39, 0.29) is 11.4 Å². The van der Waals surface area contributed by atoms with E-state index in [0.29, 0.717) is 6.61 Å². The molecule has 0 aromatic heterocycles. The van der Waals surface area contributed by atoms with E-state index in [4.69, 9.17) is 4.74 Å². The highest BCUT2D eigenvalue weighted by atomic mass is 16.5. The molecule has 1 saturated carbocycles. The zero-order valence-corrected chi connectivity index (χ0v) is 8.02. The van der Waals surface area contributed by atoms with E-state index in [1.54, 1.807) is 0 Å². The Morgan fingerprint density at radius 3 is 2.50 bits per heavy atom. The topological polar surface area (TPSA) is 26.3 Å². The van der Waals surface area contributed by atoms with Crippen LogP contribution < -0.4 is 0 Å². The number of carbonyl (C=O) groups excluding carboxylic acids is 1. The van der Waals surface area contributed by atoms with E-state index in [2.05, 4.69) is 0 Å². The zero-order valence-electron chi connectivity index (χ0n) is 8.02. The summed E-state index contributed by atoms with van der Waals surface area (Å²) in [5.74, 6) is -0.0411. The second-order valence-electron chi connectivity index (χ2n) is 3.27. The first kappa shape index (κ1) is 9.30. The predicted octanol–water partition coefficient (Wildman–Crippen LogP) is 2.30. The third kappa shape index (κ3) is 1.38. The molecule has 0 aromatic rings. The third-order valence-electron chi connectivity index (χ3n) is 2.60. The standard InChI is InChI=1S/C10H16O2/c1-4-8(3)10(6-7-10)9(11)12-5-2/h4H,5-7H2,1-3H3. The minimum Gasteiger partial charge on any atom is -0.465 e. The Kier molecular flexibility index (Phi) is 2.55. The molecule has 0 amide bonds. The fraction of sp³-hybridized carbons (Fsp3) is 0.700. The Labute approximate surface area is 73.6 Å². The van der Waals surface area contributed by atoms with E-state index in [0.717, 1.165) is 18.4 Å². The predicted molar refractivity (Wildman–Crippen MR) is 47.7 cm³/mol. The van der Waals surface area contributed by atoms with Crippen LogP contribution in [-0.2, 0) is 9.53 Å². The van der Waals surface area contributed by atoms with Crippen molar-refractivity contribution in [3.8, 4) is 0 Å². The Bertz CT molecular complexity index is 212. The molecule has 2 heteroatoms. The average molecular weight is 168 g/mol. The van der Waals surface area contributed by atoms with Crippen LogP contribution in [0.1, 0.15) is 33.6 Å². The second kappa shape index (κ2) is 3.30. The molecule has 0 N–H and O–H groups in total. The Morgan fingerprint density at radius 2 is 2.17 bits per heavy atom. The molecule has 1 rings (SSSR count). The summed E-state index contributed by atoms with van der Waals surface area (Å²) in [7, 11) is 0. The smallest absolute Gasteiger partial charge is 0.316 e. The van der Waals surface area contributed by atoms with Gasteiger partial charge in [-0.25, -0.2) is 0 Å². The van der Waals surface area contributed by atoms with Crippen molar-refractivity contribution in [3.05, 3.63) is 11.6 Å². The van der Waals surface area contributed by atoms with Gasteiger partial charge >= 0.3 is 5.97 Å². The van der Waals surface area contributed by atoms with Gasteiger partial charge in [0.15, 0.2) is 0 Å². The van der Waals surface area contributed by atoms with Crippen molar-refractivity contribution >= 4 is 5.97 Å². The van der Waals surface area contributed by atoms with Crippen LogP contribution in [0.25, 0.3) is 0 Å². The van der Waals surface area contributed by atoms with E-state index in [1.807, 2.05) is 26.8 Å². The van der Waals surface area contributed by atoms with Gasteiger partial charge in [0.2, 0.25) is 0 Å². The maximum Gasteiger partial charge on any atom is 0.316 e. The number of hydrogen-bond donors (Lipinski definition) is 0. The maximum absolute atomic E-state index is 11.5. The second-order valence-corrected chi connectivity index (χ2v) is 3.27. The summed E-state index contributed by atoms with van der Waals surface area (Å²) in [5.41, 5.74) is 0.922. The van der Waals surface area contributed by atoms with Crippen molar-refractivity contribution in [2.24, 2.45) is 5.41 Å². The highest BCUT2D eigenvalue weighted by molar-refractivity contribution is 5.83. The molecule has 0 spiro atoms. The van der Waals surface area contributed by atoms with Gasteiger partial charge in [-0.05, 0) is 33.6 Å². The highest BCUT2D eigenvalue weighted by Gasteiger charge is 2.52. The molecule has 2 nitrogen and oxygen atoms in total. The molecule has 0 atom stereocenters. The average Bonchev–Trinajstić information content (AvgIpc) is 2.84. The summed E-state index contributed by atoms with van der Waals surface area (Å²) in [4.78, 5) is 11.5. The maximum atomic E-state index is 11.5. The number of esters is 1. The zero-order chi connectivity index (χ0) is 9.19. The third-order valence-corrected chi connectivity index (χ3v) is 2.60. The molecule has 1 fully saturated rings. The van der Waals surface area contributed by atoms with Gasteiger partial charge < -0.3 is 4.74 Å². The van der Waals surface area contributed by atoms with Crippen LogP contribution in [0.2, 0.25) is 0 Å². The molecule has 0 radical (unpaired) electrons. The van der Waals surface area contributed by atoms with Gasteiger partial charge in [-0.2, -0.15) is 0 Å². The highest BCUT2D eigenvalue weighted by Crippen LogP contribution is 2.52. The van der Waals surface area contributed by atoms with Crippen LogP contribution in [-0.4, -0.2) is 12.6 Å². The lowest BCUT2D eigenvalue weighted by Gasteiger charge is -2.13.